The Kier molecular flexibility index (Phi) is 7.39. The lowest BCUT2D eigenvalue weighted by molar-refractivity contribution is -0.274. The van der Waals surface area contributed by atoms with Crippen LogP contribution in [-0.2, 0) is 16.6 Å². The number of hydrogen-bond donors (Lipinski definition) is 1. The number of benzene rings is 2. The lowest BCUT2D eigenvalue weighted by Gasteiger charge is -2.39. The highest BCUT2D eigenvalue weighted by molar-refractivity contribution is 7.91. The monoisotopic (exact) mass is 616 g/mol. The van der Waals surface area contributed by atoms with Crippen molar-refractivity contribution >= 4 is 27.5 Å². The maximum Gasteiger partial charge on any atom is 0.573 e. The minimum Gasteiger partial charge on any atom is -0.490 e. The van der Waals surface area contributed by atoms with Gasteiger partial charge in [-0.25, -0.2) is 17.5 Å². The quantitative estimate of drug-likeness (QED) is 0.345. The van der Waals surface area contributed by atoms with E-state index in [4.69, 9.17) is 16.3 Å². The summed E-state index contributed by atoms with van der Waals surface area (Å²) in [6.45, 7) is 0.480. The summed E-state index contributed by atoms with van der Waals surface area (Å²) in [5.41, 5.74) is 1.39. The number of carbonyl (C=O) groups is 1. The summed E-state index contributed by atoms with van der Waals surface area (Å²) >= 11 is 6.00. The molecule has 2 saturated carbocycles. The van der Waals surface area contributed by atoms with Gasteiger partial charge >= 0.3 is 6.36 Å². The summed E-state index contributed by atoms with van der Waals surface area (Å²) in [7, 11) is -3.80. The summed E-state index contributed by atoms with van der Waals surface area (Å²) in [6.07, 6.45) is 0.833. The molecule has 2 bridgehead atoms. The molecule has 2 aromatic rings. The third kappa shape index (κ3) is 6.59. The smallest absolute Gasteiger partial charge is 0.490 e. The molecular formula is C28H29ClF4N2O5S. The number of piperidine rings is 1. The highest BCUT2D eigenvalue weighted by atomic mass is 35.5. The van der Waals surface area contributed by atoms with Gasteiger partial charge in [-0.2, -0.15) is 0 Å². The summed E-state index contributed by atoms with van der Waals surface area (Å²) in [5, 5.41) is -0.521. The van der Waals surface area contributed by atoms with Crippen molar-refractivity contribution in [1.82, 2.24) is 9.62 Å². The number of carbonyl (C=O) groups excluding carboxylic acids is 1. The van der Waals surface area contributed by atoms with E-state index in [0.717, 1.165) is 42.9 Å². The zero-order valence-electron chi connectivity index (χ0n) is 21.9. The van der Waals surface area contributed by atoms with Crippen LogP contribution >= 0.6 is 11.6 Å². The number of hydrogen-bond acceptors (Lipinski definition) is 6. The number of rotatable bonds is 9. The molecule has 0 spiro atoms. The first-order chi connectivity index (χ1) is 19.3. The van der Waals surface area contributed by atoms with Gasteiger partial charge in [0.1, 0.15) is 23.4 Å². The summed E-state index contributed by atoms with van der Waals surface area (Å²) in [5.74, 6) is -1.74. The summed E-state index contributed by atoms with van der Waals surface area (Å²) in [6, 6.07) is 6.84. The molecule has 6 rings (SSSR count). The molecule has 7 nitrogen and oxygen atoms in total. The van der Waals surface area contributed by atoms with E-state index in [-0.39, 0.29) is 40.4 Å². The van der Waals surface area contributed by atoms with E-state index in [0.29, 0.717) is 32.2 Å². The van der Waals surface area contributed by atoms with Gasteiger partial charge in [0, 0.05) is 29.7 Å². The van der Waals surface area contributed by atoms with Gasteiger partial charge in [0.05, 0.1) is 10.8 Å². The number of sulfonamides is 1. The molecule has 2 saturated heterocycles. The largest absolute Gasteiger partial charge is 0.573 e. The molecule has 222 valence electrons. The zero-order chi connectivity index (χ0) is 29.1. The predicted octanol–water partition coefficient (Wildman–Crippen LogP) is 6.05. The van der Waals surface area contributed by atoms with Crippen LogP contribution in [0.4, 0.5) is 17.6 Å². The Bertz CT molecular complexity index is 1450. The number of nitrogens with one attached hydrogen (secondary N) is 1. The second-order valence-electron chi connectivity index (χ2n) is 11.4. The number of nitrogens with zero attached hydrogens (tertiary/aromatic N) is 1. The number of fused-ring (bicyclic) bond motifs is 2. The van der Waals surface area contributed by atoms with E-state index in [1.165, 1.54) is 24.3 Å². The third-order valence-corrected chi connectivity index (χ3v) is 10.3. The molecule has 1 amide bonds. The van der Waals surface area contributed by atoms with E-state index in [1.54, 1.807) is 0 Å². The fourth-order valence-corrected chi connectivity index (χ4v) is 7.63. The molecule has 4 fully saturated rings. The molecular weight excluding hydrogens is 588 g/mol. The van der Waals surface area contributed by atoms with Crippen LogP contribution in [0.5, 0.6) is 11.5 Å². The molecule has 13 heteroatoms. The van der Waals surface area contributed by atoms with Crippen LogP contribution in [0.1, 0.15) is 78.8 Å². The molecule has 3 atom stereocenters. The second kappa shape index (κ2) is 10.6. The molecule has 2 aromatic carbocycles. The maximum absolute atomic E-state index is 15.2. The average molecular weight is 617 g/mol. The molecule has 0 aromatic heterocycles. The second-order valence-corrected chi connectivity index (χ2v) is 13.8. The van der Waals surface area contributed by atoms with Crippen LogP contribution in [0.3, 0.4) is 0 Å². The lowest BCUT2D eigenvalue weighted by Crippen LogP contribution is -2.45. The van der Waals surface area contributed by atoms with Crippen LogP contribution in [-0.4, -0.2) is 49.0 Å². The van der Waals surface area contributed by atoms with Crippen LogP contribution in [0.15, 0.2) is 30.3 Å². The van der Waals surface area contributed by atoms with E-state index in [1.807, 2.05) is 4.72 Å². The summed E-state index contributed by atoms with van der Waals surface area (Å²) < 4.78 is 89.8. The molecule has 41 heavy (non-hydrogen) atoms. The van der Waals surface area contributed by atoms with Gasteiger partial charge in [0.15, 0.2) is 0 Å². The van der Waals surface area contributed by atoms with Crippen molar-refractivity contribution in [2.75, 3.05) is 0 Å². The van der Waals surface area contributed by atoms with Gasteiger partial charge < -0.3 is 9.47 Å². The highest BCUT2D eigenvalue weighted by Crippen LogP contribution is 2.45. The molecule has 2 aliphatic carbocycles. The minimum atomic E-state index is -4.85. The first kappa shape index (κ1) is 28.5. The van der Waals surface area contributed by atoms with E-state index in [2.05, 4.69) is 9.64 Å². The number of alkyl halides is 3. The van der Waals surface area contributed by atoms with Crippen molar-refractivity contribution in [3.8, 4) is 11.5 Å². The van der Waals surface area contributed by atoms with E-state index >= 15 is 4.39 Å². The minimum absolute atomic E-state index is 0.0686. The van der Waals surface area contributed by atoms with Gasteiger partial charge in [0.25, 0.3) is 5.91 Å². The van der Waals surface area contributed by atoms with Crippen LogP contribution in [0.2, 0.25) is 5.02 Å². The Balaban J connectivity index is 1.15. The zero-order valence-corrected chi connectivity index (χ0v) is 23.5. The van der Waals surface area contributed by atoms with Crippen molar-refractivity contribution in [1.29, 1.82) is 0 Å². The number of amides is 1. The molecule has 2 aliphatic heterocycles. The Morgan fingerprint density at radius 2 is 1.63 bits per heavy atom. The SMILES string of the molecule is O=C(NS(=O)(=O)C1CC1)c1cc(C2CC2)c(CN2C3CC[C@@H]2CC(Oc2cc(Cl)cc(OC(F)(F)F)c2)C3)cc1F. The lowest BCUT2D eigenvalue weighted by atomic mass is 9.95. The molecule has 2 heterocycles. The Labute approximate surface area is 240 Å². The Morgan fingerprint density at radius 1 is 0.976 bits per heavy atom. The van der Waals surface area contributed by atoms with Crippen molar-refractivity contribution < 1.29 is 40.2 Å². The first-order valence-electron chi connectivity index (χ1n) is 13.7. The molecule has 1 N–H and O–H groups in total. The first-order valence-corrected chi connectivity index (χ1v) is 15.6. The van der Waals surface area contributed by atoms with Crippen LogP contribution in [0, 0.1) is 5.82 Å². The fourth-order valence-electron chi connectivity index (χ4n) is 6.13. The number of ether oxygens (including phenoxy) is 2. The van der Waals surface area contributed by atoms with Crippen LogP contribution < -0.4 is 14.2 Å². The van der Waals surface area contributed by atoms with Gasteiger partial charge in [-0.15, -0.1) is 13.2 Å². The van der Waals surface area contributed by atoms with Gasteiger partial charge in [-0.05, 0) is 92.7 Å². The molecule has 2 unspecified atom stereocenters. The normalized spacial score (nSPS) is 24.8. The Morgan fingerprint density at radius 3 is 2.24 bits per heavy atom. The van der Waals surface area contributed by atoms with E-state index < -0.39 is 39.1 Å². The topological polar surface area (TPSA) is 84.9 Å². The third-order valence-electron chi connectivity index (χ3n) is 8.26. The van der Waals surface area contributed by atoms with Gasteiger partial charge in [-0.1, -0.05) is 11.6 Å². The molecule has 0 radical (unpaired) electrons. The van der Waals surface area contributed by atoms with Crippen molar-refractivity contribution in [3.05, 3.63) is 57.9 Å². The number of halogens is 5. The van der Waals surface area contributed by atoms with Gasteiger partial charge in [0.2, 0.25) is 10.0 Å². The maximum atomic E-state index is 15.2. The average Bonchev–Trinajstić information content (AvgIpc) is 3.75. The fraction of sp³-hybridized carbons (Fsp3) is 0.536. The summed E-state index contributed by atoms with van der Waals surface area (Å²) in [4.78, 5) is 15.0. The Hall–Kier alpha value is -2.57. The van der Waals surface area contributed by atoms with Crippen molar-refractivity contribution in [3.63, 3.8) is 0 Å². The highest BCUT2D eigenvalue weighted by Gasteiger charge is 2.43. The standard InChI is InChI=1S/C28H29ClF4N2O5S/c29-17-8-20(12-22(9-17)40-28(31,32)33)39-21-10-18-3-4-19(11-21)35(18)14-16-7-26(30)25(13-24(16)15-1-2-15)27(36)34-41(37,38)23-5-6-23/h7-9,12-13,15,18-19,21,23H,1-6,10-11,14H2,(H,34,36)/t18-,19?,21?/m1/s1. The molecule has 4 aliphatic rings. The van der Waals surface area contributed by atoms with Crippen LogP contribution in [0.25, 0.3) is 0 Å². The predicted molar refractivity (Wildman–Crippen MR) is 142 cm³/mol. The van der Waals surface area contributed by atoms with Gasteiger partial charge in [-0.3, -0.25) is 9.69 Å². The van der Waals surface area contributed by atoms with E-state index in [9.17, 15) is 26.4 Å². The van der Waals surface area contributed by atoms with Crippen molar-refractivity contribution in [2.24, 2.45) is 0 Å². The van der Waals surface area contributed by atoms with Crippen molar-refractivity contribution in [2.45, 2.75) is 93.6 Å².